The van der Waals surface area contributed by atoms with E-state index in [0.29, 0.717) is 11.3 Å². The molecular weight excluding hydrogens is 371 g/mol. The molecule has 1 N–H and O–H groups in total. The molecule has 5 nitrogen and oxygen atoms in total. The van der Waals surface area contributed by atoms with E-state index in [1.165, 1.54) is 6.21 Å². The zero-order valence-corrected chi connectivity index (χ0v) is 12.3. The second kappa shape index (κ2) is 5.49. The van der Waals surface area contributed by atoms with E-state index in [1.807, 2.05) is 24.3 Å². The Balaban J connectivity index is 1.71. The van der Waals surface area contributed by atoms with Gasteiger partial charge < -0.3 is 8.83 Å². The number of rotatable bonds is 3. The summed E-state index contributed by atoms with van der Waals surface area (Å²) in [6.45, 7) is 0. The largest absolute Gasteiger partial charge is 0.451 e. The fraction of sp³-hybridized carbons (Fsp3) is 0. The lowest BCUT2D eigenvalue weighted by atomic mass is 10.2. The molecule has 0 radical (unpaired) electrons. The highest BCUT2D eigenvalue weighted by Gasteiger charge is 2.10. The van der Waals surface area contributed by atoms with Crippen LogP contribution in [0, 0.1) is 3.77 Å². The van der Waals surface area contributed by atoms with Crippen LogP contribution in [-0.2, 0) is 0 Å². The summed E-state index contributed by atoms with van der Waals surface area (Å²) in [5.41, 5.74) is 3.06. The maximum absolute atomic E-state index is 11.9. The number of nitrogens with zero attached hydrogens (tertiary/aromatic N) is 1. The summed E-state index contributed by atoms with van der Waals surface area (Å²) in [4.78, 5) is 11.9. The zero-order chi connectivity index (χ0) is 13.9. The molecule has 100 valence electrons. The number of halogens is 1. The number of carbonyl (C=O) groups excluding carboxylic acids is 1. The monoisotopic (exact) mass is 380 g/mol. The molecule has 0 bridgehead atoms. The van der Waals surface area contributed by atoms with Crippen LogP contribution in [0.1, 0.15) is 16.3 Å². The molecule has 0 saturated carbocycles. The summed E-state index contributed by atoms with van der Waals surface area (Å²) in [5.74, 6) is 0.385. The van der Waals surface area contributed by atoms with E-state index < -0.39 is 5.91 Å². The molecule has 0 unspecified atom stereocenters. The summed E-state index contributed by atoms with van der Waals surface area (Å²) in [5, 5.41) is 4.70. The first-order valence-electron chi connectivity index (χ1n) is 5.80. The first kappa shape index (κ1) is 12.9. The summed E-state index contributed by atoms with van der Waals surface area (Å²) >= 11 is 2.05. The van der Waals surface area contributed by atoms with E-state index in [4.69, 9.17) is 8.83 Å². The van der Waals surface area contributed by atoms with Crippen molar-refractivity contribution in [2.45, 2.75) is 0 Å². The van der Waals surface area contributed by atoms with Gasteiger partial charge in [0.2, 0.25) is 0 Å². The van der Waals surface area contributed by atoms with Gasteiger partial charge in [-0.15, -0.1) is 0 Å². The Morgan fingerprint density at radius 1 is 1.20 bits per heavy atom. The molecule has 2 aromatic heterocycles. The van der Waals surface area contributed by atoms with Gasteiger partial charge >= 0.3 is 5.91 Å². The van der Waals surface area contributed by atoms with Crippen molar-refractivity contribution in [3.8, 4) is 0 Å². The van der Waals surface area contributed by atoms with Crippen molar-refractivity contribution in [2.75, 3.05) is 0 Å². The van der Waals surface area contributed by atoms with E-state index in [1.54, 1.807) is 18.2 Å². The van der Waals surface area contributed by atoms with Crippen LogP contribution in [0.25, 0.3) is 11.0 Å². The van der Waals surface area contributed by atoms with Crippen LogP contribution in [0.3, 0.4) is 0 Å². The Morgan fingerprint density at radius 3 is 2.80 bits per heavy atom. The highest BCUT2D eigenvalue weighted by molar-refractivity contribution is 14.1. The number of fused-ring (bicyclic) bond motifs is 1. The van der Waals surface area contributed by atoms with Crippen LogP contribution < -0.4 is 5.43 Å². The second-order valence-electron chi connectivity index (χ2n) is 3.99. The Labute approximate surface area is 127 Å². The predicted octanol–water partition coefficient (Wildman–Crippen LogP) is 3.39. The number of nitrogens with one attached hydrogen (secondary N) is 1. The van der Waals surface area contributed by atoms with Crippen LogP contribution in [0.5, 0.6) is 0 Å². The van der Waals surface area contributed by atoms with E-state index >= 15 is 0 Å². The maximum Gasteiger partial charge on any atom is 0.307 e. The topological polar surface area (TPSA) is 67.7 Å². The molecule has 0 aliphatic rings. The highest BCUT2D eigenvalue weighted by atomic mass is 127. The molecule has 0 fully saturated rings. The number of hydrazone groups is 1. The lowest BCUT2D eigenvalue weighted by molar-refractivity contribution is 0.0929. The number of carbonyl (C=O) groups is 1. The maximum atomic E-state index is 11.9. The van der Waals surface area contributed by atoms with Crippen LogP contribution in [0.2, 0.25) is 0 Å². The lowest BCUT2D eigenvalue weighted by Crippen LogP contribution is -2.16. The minimum absolute atomic E-state index is 0.220. The van der Waals surface area contributed by atoms with Gasteiger partial charge in [-0.2, -0.15) is 5.10 Å². The average molecular weight is 380 g/mol. The average Bonchev–Trinajstić information content (AvgIpc) is 3.04. The first-order valence-corrected chi connectivity index (χ1v) is 6.87. The van der Waals surface area contributed by atoms with Crippen LogP contribution in [0.15, 0.2) is 56.4 Å². The quantitative estimate of drug-likeness (QED) is 0.430. The summed E-state index contributed by atoms with van der Waals surface area (Å²) in [6.07, 6.45) is 1.43. The Hall–Kier alpha value is -2.09. The van der Waals surface area contributed by atoms with Gasteiger partial charge in [-0.3, -0.25) is 4.79 Å². The number of hydrogen-bond donors (Lipinski definition) is 1. The molecule has 6 heteroatoms. The lowest BCUT2D eigenvalue weighted by Gasteiger charge is -1.93. The van der Waals surface area contributed by atoms with Gasteiger partial charge in [0.15, 0.2) is 9.53 Å². The zero-order valence-electron chi connectivity index (χ0n) is 10.2. The summed E-state index contributed by atoms with van der Waals surface area (Å²) in [7, 11) is 0. The molecule has 2 heterocycles. The van der Waals surface area contributed by atoms with Crippen LogP contribution in [0.4, 0.5) is 0 Å². The molecular formula is C14H9IN2O3. The number of para-hydroxylation sites is 1. The van der Waals surface area contributed by atoms with Gasteiger partial charge in [-0.05, 0) is 46.9 Å². The van der Waals surface area contributed by atoms with Crippen molar-refractivity contribution in [1.82, 2.24) is 5.43 Å². The molecule has 1 aromatic carbocycles. The van der Waals surface area contributed by atoms with Crippen molar-refractivity contribution in [1.29, 1.82) is 0 Å². The molecule has 0 saturated heterocycles. The number of amides is 1. The van der Waals surface area contributed by atoms with Crippen molar-refractivity contribution in [3.63, 3.8) is 0 Å². The summed E-state index contributed by atoms with van der Waals surface area (Å²) < 4.78 is 11.5. The van der Waals surface area contributed by atoms with Crippen molar-refractivity contribution < 1.29 is 13.6 Å². The molecule has 0 aliphatic heterocycles. The van der Waals surface area contributed by atoms with Gasteiger partial charge in [-0.1, -0.05) is 18.2 Å². The van der Waals surface area contributed by atoms with Crippen LogP contribution >= 0.6 is 22.6 Å². The van der Waals surface area contributed by atoms with Gasteiger partial charge in [0.1, 0.15) is 11.3 Å². The van der Waals surface area contributed by atoms with Crippen LogP contribution in [-0.4, -0.2) is 12.1 Å². The number of hydrogen-bond acceptors (Lipinski definition) is 4. The number of furan rings is 2. The van der Waals surface area contributed by atoms with E-state index in [2.05, 4.69) is 33.1 Å². The van der Waals surface area contributed by atoms with Gasteiger partial charge in [0, 0.05) is 5.39 Å². The summed E-state index contributed by atoms with van der Waals surface area (Å²) in [6, 6.07) is 12.7. The normalized spacial score (nSPS) is 11.2. The van der Waals surface area contributed by atoms with Gasteiger partial charge in [0.25, 0.3) is 0 Å². The standard InChI is InChI=1S/C14H9IN2O3/c15-13-6-5-10(19-13)8-16-17-14(18)12-7-9-3-1-2-4-11(9)20-12/h1-8H,(H,17,18)/b16-8+. The molecule has 0 spiro atoms. The third kappa shape index (κ3) is 2.74. The fourth-order valence-electron chi connectivity index (χ4n) is 1.70. The van der Waals surface area contributed by atoms with E-state index in [0.717, 1.165) is 9.15 Å². The van der Waals surface area contributed by atoms with Gasteiger partial charge in [-0.25, -0.2) is 5.43 Å². The molecule has 0 atom stereocenters. The fourth-order valence-corrected chi connectivity index (χ4v) is 2.14. The van der Waals surface area contributed by atoms with Crippen molar-refractivity contribution >= 4 is 45.7 Å². The highest BCUT2D eigenvalue weighted by Crippen LogP contribution is 2.18. The Kier molecular flexibility index (Phi) is 3.55. The molecule has 0 aliphatic carbocycles. The Bertz CT molecular complexity index is 755. The van der Waals surface area contributed by atoms with Crippen molar-refractivity contribution in [3.05, 3.63) is 57.8 Å². The molecule has 3 aromatic rings. The smallest absolute Gasteiger partial charge is 0.307 e. The van der Waals surface area contributed by atoms with Crippen molar-refractivity contribution in [2.24, 2.45) is 5.10 Å². The second-order valence-corrected chi connectivity index (χ2v) is 5.05. The minimum atomic E-state index is -0.404. The minimum Gasteiger partial charge on any atom is -0.451 e. The third-order valence-electron chi connectivity index (χ3n) is 2.60. The predicted molar refractivity (Wildman–Crippen MR) is 82.7 cm³/mol. The van der Waals surface area contributed by atoms with Gasteiger partial charge in [0.05, 0.1) is 6.21 Å². The SMILES string of the molecule is O=C(N/N=C/c1ccc(I)o1)c1cc2ccccc2o1. The Morgan fingerprint density at radius 2 is 2.05 bits per heavy atom. The van der Waals surface area contributed by atoms with E-state index in [-0.39, 0.29) is 5.76 Å². The number of benzene rings is 1. The molecule has 1 amide bonds. The third-order valence-corrected chi connectivity index (χ3v) is 3.18. The molecule has 3 rings (SSSR count). The first-order chi connectivity index (χ1) is 9.72. The molecule has 20 heavy (non-hydrogen) atoms. The van der Waals surface area contributed by atoms with E-state index in [9.17, 15) is 4.79 Å².